The second-order valence-electron chi connectivity index (χ2n) is 6.46. The molecule has 0 saturated carbocycles. The van der Waals surface area contributed by atoms with Crippen molar-refractivity contribution in [1.82, 2.24) is 24.3 Å². The van der Waals surface area contributed by atoms with Gasteiger partial charge in [-0.2, -0.15) is 0 Å². The molecular weight excluding hydrogens is 413 g/mol. The van der Waals surface area contributed by atoms with Crippen LogP contribution < -0.4 is 5.32 Å². The number of aromatic nitrogens is 4. The molecule has 0 radical (unpaired) electrons. The van der Waals surface area contributed by atoms with E-state index in [1.807, 2.05) is 16.0 Å². The molecule has 1 amide bonds. The molecule has 0 spiro atoms. The fraction of sp³-hybridized carbons (Fsp3) is 0.150. The van der Waals surface area contributed by atoms with Crippen LogP contribution in [0.15, 0.2) is 48.2 Å². The van der Waals surface area contributed by atoms with Crippen molar-refractivity contribution in [2.75, 3.05) is 0 Å². The van der Waals surface area contributed by atoms with Gasteiger partial charge >= 0.3 is 0 Å². The van der Waals surface area contributed by atoms with E-state index in [1.165, 1.54) is 23.5 Å². The topological polar surface area (TPSA) is 64.2 Å². The normalized spacial score (nSPS) is 12.7. The van der Waals surface area contributed by atoms with Crippen molar-refractivity contribution in [3.63, 3.8) is 0 Å². The minimum absolute atomic E-state index is 0.311. The largest absolute Gasteiger partial charge is 0.346 e. The highest BCUT2D eigenvalue weighted by molar-refractivity contribution is 7.15. The van der Waals surface area contributed by atoms with Gasteiger partial charge in [0.05, 0.1) is 17.4 Å². The lowest BCUT2D eigenvalue weighted by Gasteiger charge is -2.15. The summed E-state index contributed by atoms with van der Waals surface area (Å²) in [5.74, 6) is 0.00113. The van der Waals surface area contributed by atoms with Crippen LogP contribution in [0.3, 0.4) is 0 Å². The Bertz CT molecular complexity index is 1220. The Balaban J connectivity index is 1.47. The maximum atomic E-state index is 14.6. The molecule has 0 fully saturated rings. The van der Waals surface area contributed by atoms with E-state index in [1.54, 1.807) is 49.0 Å². The van der Waals surface area contributed by atoms with E-state index < -0.39 is 0 Å². The lowest BCUT2D eigenvalue weighted by Crippen LogP contribution is -2.24. The maximum Gasteiger partial charge on any atom is 0.244 e. The number of halogens is 2. The molecule has 148 valence electrons. The number of carbonyl (C=O) groups is 1. The summed E-state index contributed by atoms with van der Waals surface area (Å²) in [7, 11) is 0. The molecule has 0 aliphatic carbocycles. The molecule has 1 N–H and O–H groups in total. The van der Waals surface area contributed by atoms with Gasteiger partial charge in [0.1, 0.15) is 11.6 Å². The van der Waals surface area contributed by atoms with E-state index in [4.69, 9.17) is 11.6 Å². The first-order valence-corrected chi connectivity index (χ1v) is 10.1. The Labute approximate surface area is 175 Å². The highest BCUT2D eigenvalue weighted by atomic mass is 35.5. The van der Waals surface area contributed by atoms with Gasteiger partial charge in [0.15, 0.2) is 10.1 Å². The average Bonchev–Trinajstić information content (AvgIpc) is 3.37. The molecule has 4 aromatic rings. The van der Waals surface area contributed by atoms with Crippen molar-refractivity contribution in [3.8, 4) is 5.69 Å². The van der Waals surface area contributed by atoms with Gasteiger partial charge in [-0.15, -0.1) is 11.3 Å². The van der Waals surface area contributed by atoms with Gasteiger partial charge in [0.2, 0.25) is 5.91 Å². The second kappa shape index (κ2) is 7.81. The van der Waals surface area contributed by atoms with Crippen LogP contribution in [0.5, 0.6) is 0 Å². The maximum absolute atomic E-state index is 14.6. The zero-order chi connectivity index (χ0) is 20.5. The first kappa shape index (κ1) is 19.4. The van der Waals surface area contributed by atoms with Crippen molar-refractivity contribution in [2.45, 2.75) is 19.9 Å². The molecule has 3 aromatic heterocycles. The predicted octanol–water partition coefficient (Wildman–Crippen LogP) is 4.57. The number of thiazole rings is 1. The first-order chi connectivity index (χ1) is 13.9. The fourth-order valence-corrected chi connectivity index (χ4v) is 4.05. The molecule has 1 unspecified atom stereocenters. The lowest BCUT2D eigenvalue weighted by atomic mass is 10.1. The minimum atomic E-state index is -0.383. The van der Waals surface area contributed by atoms with Crippen LogP contribution in [0.1, 0.15) is 30.0 Å². The minimum Gasteiger partial charge on any atom is -0.346 e. The van der Waals surface area contributed by atoms with Crippen LogP contribution in [-0.4, -0.2) is 24.8 Å². The molecule has 1 atom stereocenters. The summed E-state index contributed by atoms with van der Waals surface area (Å²) in [5.41, 5.74) is 1.71. The number of nitrogens with zero attached hydrogens (tertiary/aromatic N) is 4. The molecule has 9 heteroatoms. The molecule has 0 aliphatic heterocycles. The number of imidazole rings is 2. The Hall–Kier alpha value is -2.97. The van der Waals surface area contributed by atoms with Crippen LogP contribution in [0, 0.1) is 12.7 Å². The molecule has 0 bridgehead atoms. The number of carbonyl (C=O) groups excluding carboxylic acids is 1. The van der Waals surface area contributed by atoms with Crippen LogP contribution in [0.4, 0.5) is 4.39 Å². The van der Waals surface area contributed by atoms with E-state index in [-0.39, 0.29) is 17.8 Å². The summed E-state index contributed by atoms with van der Waals surface area (Å²) >= 11 is 7.58. The Morgan fingerprint density at radius 1 is 1.38 bits per heavy atom. The van der Waals surface area contributed by atoms with Gasteiger partial charge in [0, 0.05) is 30.0 Å². The third-order valence-electron chi connectivity index (χ3n) is 4.56. The van der Waals surface area contributed by atoms with Crippen molar-refractivity contribution in [3.05, 3.63) is 76.3 Å². The third-order valence-corrected chi connectivity index (χ3v) is 5.60. The standard InChI is InChI=1S/C20H17ClFN5OS/c1-12(14-3-4-16(15(22)11-14)26-8-7-23-13(26)2)24-18(28)6-5-17-19(21)25-20-27(17)9-10-29-20/h3-12H,1-2H3,(H,24,28)/b6-5+. The van der Waals surface area contributed by atoms with Gasteiger partial charge < -0.3 is 9.88 Å². The van der Waals surface area contributed by atoms with E-state index in [0.29, 0.717) is 27.9 Å². The number of hydrogen-bond acceptors (Lipinski definition) is 4. The number of fused-ring (bicyclic) bond motifs is 1. The van der Waals surface area contributed by atoms with E-state index in [0.717, 1.165) is 4.96 Å². The second-order valence-corrected chi connectivity index (χ2v) is 7.69. The lowest BCUT2D eigenvalue weighted by molar-refractivity contribution is -0.117. The quantitative estimate of drug-likeness (QED) is 0.472. The highest BCUT2D eigenvalue weighted by Gasteiger charge is 2.13. The molecule has 3 heterocycles. The number of benzene rings is 1. The van der Waals surface area contributed by atoms with Crippen LogP contribution >= 0.6 is 22.9 Å². The molecule has 29 heavy (non-hydrogen) atoms. The predicted molar refractivity (Wildman–Crippen MR) is 112 cm³/mol. The zero-order valence-corrected chi connectivity index (χ0v) is 17.2. The highest BCUT2D eigenvalue weighted by Crippen LogP contribution is 2.23. The fourth-order valence-electron chi connectivity index (χ4n) is 3.05. The molecule has 6 nitrogen and oxygen atoms in total. The summed E-state index contributed by atoms with van der Waals surface area (Å²) in [6, 6.07) is 4.51. The molecule has 0 aliphatic rings. The SMILES string of the molecule is Cc1nccn1-c1ccc(C(C)NC(=O)/C=C/c2c(Cl)nc3sccn23)cc1F. The molecule has 1 aromatic carbocycles. The summed E-state index contributed by atoms with van der Waals surface area (Å²) in [4.78, 5) is 21.4. The Morgan fingerprint density at radius 3 is 2.93 bits per heavy atom. The zero-order valence-electron chi connectivity index (χ0n) is 15.6. The monoisotopic (exact) mass is 429 g/mol. The van der Waals surface area contributed by atoms with Gasteiger partial charge in [0.25, 0.3) is 0 Å². The van der Waals surface area contributed by atoms with Crippen molar-refractivity contribution < 1.29 is 9.18 Å². The Kier molecular flexibility index (Phi) is 5.21. The van der Waals surface area contributed by atoms with E-state index >= 15 is 0 Å². The smallest absolute Gasteiger partial charge is 0.244 e. The van der Waals surface area contributed by atoms with Gasteiger partial charge in [-0.25, -0.2) is 14.4 Å². The van der Waals surface area contributed by atoms with Gasteiger partial charge in [-0.05, 0) is 37.6 Å². The van der Waals surface area contributed by atoms with Gasteiger partial charge in [-0.1, -0.05) is 17.7 Å². The Morgan fingerprint density at radius 2 is 2.21 bits per heavy atom. The molecule has 0 saturated heterocycles. The summed E-state index contributed by atoms with van der Waals surface area (Å²) < 4.78 is 18.1. The van der Waals surface area contributed by atoms with Crippen molar-refractivity contribution in [1.29, 1.82) is 0 Å². The third kappa shape index (κ3) is 3.81. The van der Waals surface area contributed by atoms with E-state index in [9.17, 15) is 9.18 Å². The van der Waals surface area contributed by atoms with Crippen molar-refractivity contribution >= 4 is 39.9 Å². The number of rotatable bonds is 5. The number of nitrogens with one attached hydrogen (secondary N) is 1. The van der Waals surface area contributed by atoms with Crippen LogP contribution in [0.2, 0.25) is 5.15 Å². The summed E-state index contributed by atoms with van der Waals surface area (Å²) in [6.45, 7) is 3.60. The first-order valence-electron chi connectivity index (χ1n) is 8.83. The van der Waals surface area contributed by atoms with E-state index in [2.05, 4.69) is 15.3 Å². The summed E-state index contributed by atoms with van der Waals surface area (Å²) in [6.07, 6.45) is 8.17. The molecular formula is C20H17ClFN5OS. The number of aryl methyl sites for hydroxylation is 1. The van der Waals surface area contributed by atoms with Crippen molar-refractivity contribution in [2.24, 2.45) is 0 Å². The number of hydrogen-bond donors (Lipinski definition) is 1. The number of amides is 1. The molecule has 4 rings (SSSR count). The van der Waals surface area contributed by atoms with Gasteiger partial charge in [-0.3, -0.25) is 9.20 Å². The van der Waals surface area contributed by atoms with Crippen LogP contribution in [0.25, 0.3) is 16.7 Å². The summed E-state index contributed by atoms with van der Waals surface area (Å²) in [5, 5.41) is 5.06. The van der Waals surface area contributed by atoms with Crippen LogP contribution in [-0.2, 0) is 4.79 Å². The average molecular weight is 430 g/mol.